The molecule has 7 aromatic carbocycles. The van der Waals surface area contributed by atoms with Crippen LogP contribution in [-0.4, -0.2) is 18.2 Å². The van der Waals surface area contributed by atoms with Crippen LogP contribution in [0.3, 0.4) is 0 Å². The molecule has 1 aliphatic carbocycles. The lowest BCUT2D eigenvalue weighted by atomic mass is 9.61. The lowest BCUT2D eigenvalue weighted by molar-refractivity contribution is 0.195. The summed E-state index contributed by atoms with van der Waals surface area (Å²) < 4.78 is 2.46. The first-order valence-electron chi connectivity index (χ1n) is 19.4. The smallest absolute Gasteiger partial charge is 0.145 e. The van der Waals surface area contributed by atoms with E-state index in [9.17, 15) is 5.26 Å². The van der Waals surface area contributed by atoms with E-state index >= 15 is 0 Å². The molecular weight excluding hydrogens is 671 g/mol. The van der Waals surface area contributed by atoms with Gasteiger partial charge in [-0.25, -0.2) is 0 Å². The van der Waals surface area contributed by atoms with Gasteiger partial charge in [0, 0.05) is 38.6 Å². The number of rotatable bonds is 5. The molecular formula is C50H43N3Si. The van der Waals surface area contributed by atoms with Gasteiger partial charge in [-0.1, -0.05) is 136 Å². The Morgan fingerprint density at radius 2 is 1.24 bits per heavy atom. The quantitative estimate of drug-likeness (QED) is 0.131. The highest BCUT2D eigenvalue weighted by molar-refractivity contribution is 7.10. The van der Waals surface area contributed by atoms with Crippen molar-refractivity contribution in [1.82, 2.24) is 4.57 Å². The van der Waals surface area contributed by atoms with Gasteiger partial charge in [-0.2, -0.15) is 5.26 Å². The summed E-state index contributed by atoms with van der Waals surface area (Å²) in [4.78, 5) is 2.67. The van der Waals surface area contributed by atoms with Crippen LogP contribution in [0.1, 0.15) is 50.7 Å². The third-order valence-electron chi connectivity index (χ3n) is 13.5. The van der Waals surface area contributed by atoms with E-state index in [1.54, 1.807) is 0 Å². The van der Waals surface area contributed by atoms with Crippen LogP contribution in [0.5, 0.6) is 0 Å². The second kappa shape index (κ2) is 12.1. The van der Waals surface area contributed by atoms with Crippen LogP contribution in [0, 0.1) is 11.3 Å². The molecule has 0 saturated heterocycles. The molecule has 1 aromatic heterocycles. The van der Waals surface area contributed by atoms with Gasteiger partial charge >= 0.3 is 0 Å². The van der Waals surface area contributed by atoms with E-state index in [1.165, 1.54) is 68.1 Å². The number of nitriles is 1. The molecule has 1 fully saturated rings. The van der Waals surface area contributed by atoms with E-state index in [4.69, 9.17) is 0 Å². The minimum absolute atomic E-state index is 0.0324. The predicted octanol–water partition coefficient (Wildman–Crippen LogP) is 10.7. The van der Waals surface area contributed by atoms with Crippen molar-refractivity contribution in [3.05, 3.63) is 169 Å². The first-order chi connectivity index (χ1) is 26.4. The molecule has 2 atom stereocenters. The summed E-state index contributed by atoms with van der Waals surface area (Å²) in [6.45, 7) is 7.49. The molecule has 0 bridgehead atoms. The molecule has 4 heteroatoms. The molecule has 54 heavy (non-hydrogen) atoms. The molecule has 0 N–H and O–H groups in total. The zero-order chi connectivity index (χ0) is 36.7. The monoisotopic (exact) mass is 713 g/mol. The highest BCUT2D eigenvalue weighted by atomic mass is 28.3. The maximum absolute atomic E-state index is 10.2. The summed E-state index contributed by atoms with van der Waals surface area (Å²) >= 11 is 0. The van der Waals surface area contributed by atoms with Crippen LogP contribution in [0.15, 0.2) is 158 Å². The third kappa shape index (κ3) is 4.46. The van der Waals surface area contributed by atoms with Crippen LogP contribution in [0.25, 0.3) is 38.3 Å². The summed E-state index contributed by atoms with van der Waals surface area (Å²) in [6, 6.07) is 60.8. The van der Waals surface area contributed by atoms with Crippen molar-refractivity contribution in [2.45, 2.75) is 57.0 Å². The molecule has 0 spiro atoms. The fourth-order valence-electron chi connectivity index (χ4n) is 10.5. The van der Waals surface area contributed by atoms with Gasteiger partial charge in [0.1, 0.15) is 8.07 Å². The number of aromatic nitrogens is 1. The van der Waals surface area contributed by atoms with Crippen LogP contribution in [-0.2, 0) is 5.41 Å². The second-order valence-corrected chi connectivity index (χ2v) is 20.1. The van der Waals surface area contributed by atoms with E-state index in [2.05, 4.69) is 182 Å². The Morgan fingerprint density at radius 3 is 2.00 bits per heavy atom. The summed E-state index contributed by atoms with van der Waals surface area (Å²) in [5.74, 6) is 0. The van der Waals surface area contributed by atoms with E-state index in [0.29, 0.717) is 5.56 Å². The van der Waals surface area contributed by atoms with Crippen molar-refractivity contribution in [3.63, 3.8) is 0 Å². The van der Waals surface area contributed by atoms with Crippen LogP contribution in [0.4, 0.5) is 11.4 Å². The number of nitrogens with zero attached hydrogens (tertiary/aromatic N) is 3. The molecule has 2 aliphatic rings. The Bertz CT molecular complexity index is 2760. The number of benzene rings is 7. The average molecular weight is 714 g/mol. The summed E-state index contributed by atoms with van der Waals surface area (Å²) in [5, 5.41) is 18.9. The van der Waals surface area contributed by atoms with Crippen molar-refractivity contribution in [1.29, 1.82) is 5.26 Å². The SMILES string of the molecule is CC12CCCCC1(C)N(c1ccc3c(c1)c1c4cccc(C#N)c4ccc1n3-c1cccc([Si](C)(c3ccccc3)c3ccccc3)c1)c1ccccc12. The molecule has 1 saturated carbocycles. The molecule has 0 radical (unpaired) electrons. The third-order valence-corrected chi connectivity index (χ3v) is 18.0. The van der Waals surface area contributed by atoms with E-state index in [1.807, 2.05) is 12.1 Å². The minimum atomic E-state index is -2.36. The highest BCUT2D eigenvalue weighted by Gasteiger charge is 2.57. The van der Waals surface area contributed by atoms with Gasteiger partial charge in [-0.3, -0.25) is 0 Å². The van der Waals surface area contributed by atoms with Gasteiger partial charge in [0.05, 0.1) is 28.2 Å². The summed E-state index contributed by atoms with van der Waals surface area (Å²) in [7, 11) is -2.36. The molecule has 8 aromatic rings. The zero-order valence-electron chi connectivity index (χ0n) is 31.2. The first kappa shape index (κ1) is 32.7. The molecule has 2 heterocycles. The van der Waals surface area contributed by atoms with E-state index in [-0.39, 0.29) is 11.0 Å². The van der Waals surface area contributed by atoms with Gasteiger partial charge in [0.2, 0.25) is 0 Å². The summed E-state index contributed by atoms with van der Waals surface area (Å²) in [5.41, 5.74) is 8.27. The number of fused-ring (bicyclic) bond motifs is 8. The lowest BCUT2D eigenvalue weighted by Gasteiger charge is -2.50. The average Bonchev–Trinajstić information content (AvgIpc) is 3.67. The van der Waals surface area contributed by atoms with Crippen molar-refractivity contribution in [3.8, 4) is 11.8 Å². The van der Waals surface area contributed by atoms with E-state index < -0.39 is 8.07 Å². The van der Waals surface area contributed by atoms with Crippen molar-refractivity contribution in [2.75, 3.05) is 4.90 Å². The highest BCUT2D eigenvalue weighted by Crippen LogP contribution is 2.61. The largest absolute Gasteiger partial charge is 0.334 e. The van der Waals surface area contributed by atoms with Crippen molar-refractivity contribution in [2.24, 2.45) is 0 Å². The summed E-state index contributed by atoms with van der Waals surface area (Å²) in [6.07, 6.45) is 4.86. The van der Waals surface area contributed by atoms with Crippen molar-refractivity contribution < 1.29 is 0 Å². The maximum Gasteiger partial charge on any atom is 0.145 e. The van der Waals surface area contributed by atoms with Crippen LogP contribution >= 0.6 is 0 Å². The molecule has 3 nitrogen and oxygen atoms in total. The van der Waals surface area contributed by atoms with Gasteiger partial charge in [-0.05, 0) is 94.8 Å². The Balaban J connectivity index is 1.24. The fraction of sp³-hybridized carbons (Fsp3) is 0.180. The normalized spacial score (nSPS) is 19.6. The molecule has 10 rings (SSSR count). The predicted molar refractivity (Wildman–Crippen MR) is 229 cm³/mol. The Hall–Kier alpha value is -5.89. The molecule has 1 aliphatic heterocycles. The van der Waals surface area contributed by atoms with Crippen LogP contribution < -0.4 is 20.5 Å². The zero-order valence-corrected chi connectivity index (χ0v) is 32.2. The maximum atomic E-state index is 10.2. The Kier molecular flexibility index (Phi) is 7.31. The van der Waals surface area contributed by atoms with Crippen molar-refractivity contribution >= 4 is 67.6 Å². The molecule has 0 amide bonds. The topological polar surface area (TPSA) is 32.0 Å². The Labute approximate surface area is 318 Å². The first-order valence-corrected chi connectivity index (χ1v) is 21.9. The van der Waals surface area contributed by atoms with Gasteiger partial charge in [-0.15, -0.1) is 0 Å². The Morgan fingerprint density at radius 1 is 0.574 bits per heavy atom. The molecule has 2 unspecified atom stereocenters. The van der Waals surface area contributed by atoms with E-state index in [0.717, 1.165) is 28.4 Å². The van der Waals surface area contributed by atoms with Crippen LogP contribution in [0.2, 0.25) is 6.55 Å². The molecule has 262 valence electrons. The minimum Gasteiger partial charge on any atom is -0.334 e. The second-order valence-electron chi connectivity index (χ2n) is 16.1. The van der Waals surface area contributed by atoms with Gasteiger partial charge in [0.15, 0.2) is 0 Å². The van der Waals surface area contributed by atoms with Gasteiger partial charge in [0.25, 0.3) is 0 Å². The number of para-hydroxylation sites is 1. The standard InChI is InChI=1S/C50H43N3Si/c1-49-30-12-13-31-50(49,2)53(46-25-11-10-24-44(46)49)37-26-28-45-43(33-37)48-42-23-14-16-35(34-51)41(42)27-29-47(48)52(45)36-17-15-22-40(32-36)54(3,38-18-6-4-7-19-38)39-20-8-5-9-21-39/h4-11,14-29,32-33H,12-13,30-31H2,1-3H3. The lowest BCUT2D eigenvalue weighted by Crippen LogP contribution is -2.64. The number of hydrogen-bond acceptors (Lipinski definition) is 2. The fourth-order valence-corrected chi connectivity index (χ4v) is 14.1. The van der Waals surface area contributed by atoms with Gasteiger partial charge < -0.3 is 9.47 Å². The number of hydrogen-bond donors (Lipinski definition) is 0. The number of anilines is 2.